The molecule has 1 aromatic rings. The number of nitrogens with zero attached hydrogens (tertiary/aromatic N) is 2. The van der Waals surface area contributed by atoms with E-state index in [9.17, 15) is 14.4 Å². The fourth-order valence-corrected chi connectivity index (χ4v) is 3.05. The zero-order valence-electron chi connectivity index (χ0n) is 13.7. The number of hydrogen-bond donors (Lipinski definition) is 1. The first kappa shape index (κ1) is 15.5. The number of amides is 4. The summed E-state index contributed by atoms with van der Waals surface area (Å²) in [6.45, 7) is 6.98. The second-order valence-corrected chi connectivity index (χ2v) is 7.00. The predicted molar refractivity (Wildman–Crippen MR) is 86.5 cm³/mol. The van der Waals surface area contributed by atoms with E-state index >= 15 is 0 Å². The first-order valence-electron chi connectivity index (χ1n) is 7.88. The second kappa shape index (κ2) is 5.37. The quantitative estimate of drug-likeness (QED) is 0.810. The lowest BCUT2D eigenvalue weighted by molar-refractivity contribution is 0.0507. The number of fused-ring (bicyclic) bond motifs is 1. The topological polar surface area (TPSA) is 69.7 Å². The summed E-state index contributed by atoms with van der Waals surface area (Å²) in [7, 11) is 0. The normalized spacial score (nSPS) is 17.7. The van der Waals surface area contributed by atoms with E-state index in [2.05, 4.69) is 5.32 Å². The van der Waals surface area contributed by atoms with E-state index in [-0.39, 0.29) is 17.8 Å². The Kier molecular flexibility index (Phi) is 3.62. The highest BCUT2D eigenvalue weighted by Crippen LogP contribution is 2.31. The van der Waals surface area contributed by atoms with E-state index in [4.69, 9.17) is 0 Å². The predicted octanol–water partition coefficient (Wildman–Crippen LogP) is 2.71. The molecule has 1 aromatic carbocycles. The average molecular weight is 315 g/mol. The first-order valence-corrected chi connectivity index (χ1v) is 7.88. The molecule has 6 nitrogen and oxygen atoms in total. The smallest absolute Gasteiger partial charge is 0.321 e. The lowest BCUT2D eigenvalue weighted by atomic mass is 10.1. The van der Waals surface area contributed by atoms with E-state index in [0.717, 1.165) is 25.9 Å². The van der Waals surface area contributed by atoms with Gasteiger partial charge in [-0.15, -0.1) is 0 Å². The van der Waals surface area contributed by atoms with Crippen LogP contribution in [0.3, 0.4) is 0 Å². The molecule has 0 saturated carbocycles. The van der Waals surface area contributed by atoms with Gasteiger partial charge in [-0.25, -0.2) is 4.79 Å². The van der Waals surface area contributed by atoms with E-state index in [1.54, 1.807) is 23.1 Å². The molecule has 0 aliphatic carbocycles. The van der Waals surface area contributed by atoms with Gasteiger partial charge >= 0.3 is 6.03 Å². The Morgan fingerprint density at radius 2 is 1.65 bits per heavy atom. The van der Waals surface area contributed by atoms with Crippen molar-refractivity contribution >= 4 is 23.5 Å². The Hall–Kier alpha value is -2.37. The van der Waals surface area contributed by atoms with Gasteiger partial charge in [0.15, 0.2) is 0 Å². The summed E-state index contributed by atoms with van der Waals surface area (Å²) >= 11 is 0. The average Bonchev–Trinajstić information content (AvgIpc) is 3.06. The summed E-state index contributed by atoms with van der Waals surface area (Å²) in [5.41, 5.74) is 0.706. The Balaban J connectivity index is 1.84. The van der Waals surface area contributed by atoms with Crippen molar-refractivity contribution in [1.82, 2.24) is 9.80 Å². The number of urea groups is 1. The number of imide groups is 1. The maximum Gasteiger partial charge on any atom is 0.321 e. The third kappa shape index (κ3) is 2.69. The van der Waals surface area contributed by atoms with Crippen molar-refractivity contribution in [2.45, 2.75) is 39.2 Å². The molecule has 1 saturated heterocycles. The maximum absolute atomic E-state index is 12.5. The van der Waals surface area contributed by atoms with Crippen LogP contribution in [0.4, 0.5) is 10.5 Å². The fourth-order valence-electron chi connectivity index (χ4n) is 3.05. The molecular formula is C17H21N3O3. The molecule has 0 aromatic heterocycles. The zero-order valence-corrected chi connectivity index (χ0v) is 13.7. The summed E-state index contributed by atoms with van der Waals surface area (Å²) in [5, 5.41) is 2.81. The lowest BCUT2D eigenvalue weighted by Crippen LogP contribution is -2.45. The number of anilines is 1. The molecule has 0 spiro atoms. The molecule has 2 heterocycles. The highest BCUT2D eigenvalue weighted by atomic mass is 16.2. The Morgan fingerprint density at radius 3 is 2.26 bits per heavy atom. The minimum absolute atomic E-state index is 0.160. The van der Waals surface area contributed by atoms with Gasteiger partial charge in [0.1, 0.15) is 0 Å². The largest absolute Gasteiger partial charge is 0.325 e. The van der Waals surface area contributed by atoms with Crippen molar-refractivity contribution in [1.29, 1.82) is 0 Å². The van der Waals surface area contributed by atoms with Gasteiger partial charge in [-0.05, 0) is 51.8 Å². The van der Waals surface area contributed by atoms with Crippen molar-refractivity contribution in [3.8, 4) is 0 Å². The number of carbonyl (C=O) groups excluding carboxylic acids is 3. The summed E-state index contributed by atoms with van der Waals surface area (Å²) < 4.78 is 0. The minimum Gasteiger partial charge on any atom is -0.325 e. The van der Waals surface area contributed by atoms with Gasteiger partial charge in [0.05, 0.1) is 11.1 Å². The Morgan fingerprint density at radius 1 is 1.04 bits per heavy atom. The SMILES string of the molecule is CC(C)(C)N1C(=O)c2ccc(NC(=O)N3CCCC3)cc2C1=O. The molecule has 4 amide bonds. The van der Waals surface area contributed by atoms with Gasteiger partial charge in [-0.1, -0.05) is 0 Å². The van der Waals surface area contributed by atoms with Crippen LogP contribution in [-0.4, -0.2) is 46.3 Å². The molecule has 1 N–H and O–H groups in total. The van der Waals surface area contributed by atoms with Crippen LogP contribution in [0.1, 0.15) is 54.3 Å². The van der Waals surface area contributed by atoms with Crippen molar-refractivity contribution < 1.29 is 14.4 Å². The second-order valence-electron chi connectivity index (χ2n) is 7.00. The molecule has 0 radical (unpaired) electrons. The van der Waals surface area contributed by atoms with Crippen LogP contribution in [0.15, 0.2) is 18.2 Å². The molecule has 3 rings (SSSR count). The molecule has 2 aliphatic rings. The Bertz CT molecular complexity index is 685. The van der Waals surface area contributed by atoms with Crippen LogP contribution in [0.5, 0.6) is 0 Å². The van der Waals surface area contributed by atoms with E-state index < -0.39 is 5.54 Å². The Labute approximate surface area is 135 Å². The third-order valence-corrected chi connectivity index (χ3v) is 4.20. The highest BCUT2D eigenvalue weighted by Gasteiger charge is 2.41. The standard InChI is InChI=1S/C17H21N3O3/c1-17(2,3)20-14(21)12-7-6-11(10-13(12)15(20)22)18-16(23)19-8-4-5-9-19/h6-7,10H,4-5,8-9H2,1-3H3,(H,18,23). The fraction of sp³-hybridized carbons (Fsp3) is 0.471. The number of rotatable bonds is 1. The van der Waals surface area contributed by atoms with Crippen molar-refractivity contribution in [2.75, 3.05) is 18.4 Å². The molecule has 1 fully saturated rings. The molecule has 122 valence electrons. The van der Waals surface area contributed by atoms with Crippen LogP contribution in [-0.2, 0) is 0 Å². The summed E-state index contributed by atoms with van der Waals surface area (Å²) in [6.07, 6.45) is 2.04. The summed E-state index contributed by atoms with van der Waals surface area (Å²) in [5.74, 6) is -0.593. The molecule has 0 bridgehead atoms. The number of nitrogens with one attached hydrogen (secondary N) is 1. The van der Waals surface area contributed by atoms with E-state index in [1.807, 2.05) is 20.8 Å². The van der Waals surface area contributed by atoms with E-state index in [0.29, 0.717) is 16.8 Å². The number of hydrogen-bond acceptors (Lipinski definition) is 3. The minimum atomic E-state index is -0.577. The van der Waals surface area contributed by atoms with Crippen molar-refractivity contribution in [3.05, 3.63) is 29.3 Å². The van der Waals surface area contributed by atoms with Crippen LogP contribution in [0.2, 0.25) is 0 Å². The molecule has 0 atom stereocenters. The summed E-state index contributed by atoms with van der Waals surface area (Å²) in [6, 6.07) is 4.72. The number of benzene rings is 1. The highest BCUT2D eigenvalue weighted by molar-refractivity contribution is 6.22. The van der Waals surface area contributed by atoms with Gasteiger partial charge in [-0.3, -0.25) is 14.5 Å². The van der Waals surface area contributed by atoms with Crippen LogP contribution >= 0.6 is 0 Å². The van der Waals surface area contributed by atoms with Gasteiger partial charge in [0, 0.05) is 24.3 Å². The van der Waals surface area contributed by atoms with Crippen molar-refractivity contribution in [3.63, 3.8) is 0 Å². The van der Waals surface area contributed by atoms with E-state index in [1.165, 1.54) is 4.90 Å². The lowest BCUT2D eigenvalue weighted by Gasteiger charge is -2.29. The summed E-state index contributed by atoms with van der Waals surface area (Å²) in [4.78, 5) is 40.1. The molecule has 6 heteroatoms. The van der Waals surface area contributed by atoms with Gasteiger partial charge in [0.2, 0.25) is 0 Å². The van der Waals surface area contributed by atoms with Crippen LogP contribution < -0.4 is 5.32 Å². The van der Waals surface area contributed by atoms with Gasteiger partial charge in [0.25, 0.3) is 11.8 Å². The first-order chi connectivity index (χ1) is 10.8. The van der Waals surface area contributed by atoms with Gasteiger partial charge in [-0.2, -0.15) is 0 Å². The monoisotopic (exact) mass is 315 g/mol. The third-order valence-electron chi connectivity index (χ3n) is 4.20. The zero-order chi connectivity index (χ0) is 16.8. The number of likely N-dealkylation sites (tertiary alicyclic amines) is 1. The van der Waals surface area contributed by atoms with Crippen molar-refractivity contribution in [2.24, 2.45) is 0 Å². The number of carbonyl (C=O) groups is 3. The molecular weight excluding hydrogens is 294 g/mol. The van der Waals surface area contributed by atoms with Crippen LogP contribution in [0.25, 0.3) is 0 Å². The maximum atomic E-state index is 12.5. The molecule has 23 heavy (non-hydrogen) atoms. The van der Waals surface area contributed by atoms with Gasteiger partial charge < -0.3 is 10.2 Å². The van der Waals surface area contributed by atoms with Crippen LogP contribution in [0, 0.1) is 0 Å². The molecule has 0 unspecified atom stereocenters. The molecule has 2 aliphatic heterocycles.